The van der Waals surface area contributed by atoms with E-state index in [1.807, 2.05) is 11.8 Å². The van der Waals surface area contributed by atoms with Crippen molar-refractivity contribution in [3.63, 3.8) is 0 Å². The normalized spacial score (nSPS) is 12.4. The van der Waals surface area contributed by atoms with Gasteiger partial charge in [-0.1, -0.05) is 48.9 Å². The molecule has 0 amide bonds. The van der Waals surface area contributed by atoms with Crippen molar-refractivity contribution in [1.29, 1.82) is 0 Å². The van der Waals surface area contributed by atoms with Crippen LogP contribution in [0.4, 0.5) is 0 Å². The molecule has 0 spiro atoms. The Kier molecular flexibility index (Phi) is 5.89. The number of thioether (sulfide) groups is 1. The van der Waals surface area contributed by atoms with Crippen LogP contribution in [0.2, 0.25) is 0 Å². The molecule has 1 atom stereocenters. The van der Waals surface area contributed by atoms with Crippen molar-refractivity contribution in [2.24, 2.45) is 5.73 Å². The van der Waals surface area contributed by atoms with Crippen molar-refractivity contribution in [2.75, 3.05) is 0 Å². The van der Waals surface area contributed by atoms with Gasteiger partial charge in [0, 0.05) is 16.7 Å². The van der Waals surface area contributed by atoms with Gasteiger partial charge in [-0.05, 0) is 49.4 Å². The number of nitrogens with two attached hydrogens (primary N) is 1. The van der Waals surface area contributed by atoms with Crippen molar-refractivity contribution in [1.82, 2.24) is 0 Å². The van der Waals surface area contributed by atoms with E-state index in [1.54, 1.807) is 0 Å². The maximum Gasteiger partial charge on any atom is 0.0234 e. The Labute approximate surface area is 133 Å². The molecule has 0 fully saturated rings. The minimum atomic E-state index is 0.254. The smallest absolute Gasteiger partial charge is 0.0234 e. The average molecular weight is 299 g/mol. The molecular weight excluding hydrogens is 274 g/mol. The van der Waals surface area contributed by atoms with Crippen molar-refractivity contribution >= 4 is 11.8 Å². The lowest BCUT2D eigenvalue weighted by Gasteiger charge is -2.14. The lowest BCUT2D eigenvalue weighted by atomic mass is 10.0. The molecule has 21 heavy (non-hydrogen) atoms. The minimum Gasteiger partial charge on any atom is -0.327 e. The van der Waals surface area contributed by atoms with E-state index in [0.717, 1.165) is 18.6 Å². The van der Waals surface area contributed by atoms with Gasteiger partial charge in [0.15, 0.2) is 0 Å². The zero-order chi connectivity index (χ0) is 15.2. The fourth-order valence-corrected chi connectivity index (χ4v) is 3.49. The van der Waals surface area contributed by atoms with Gasteiger partial charge in [-0.2, -0.15) is 0 Å². The zero-order valence-corrected chi connectivity index (χ0v) is 14.0. The van der Waals surface area contributed by atoms with Crippen molar-refractivity contribution in [2.45, 2.75) is 50.3 Å². The van der Waals surface area contributed by atoms with Crippen molar-refractivity contribution in [3.8, 4) is 0 Å². The van der Waals surface area contributed by atoms with Crippen molar-refractivity contribution < 1.29 is 0 Å². The van der Waals surface area contributed by atoms with E-state index in [9.17, 15) is 0 Å². The van der Waals surface area contributed by atoms with E-state index in [-0.39, 0.29) is 6.04 Å². The third-order valence-corrected chi connectivity index (χ3v) is 5.03. The van der Waals surface area contributed by atoms with Crippen LogP contribution in [0.3, 0.4) is 0 Å². The molecule has 1 unspecified atom stereocenters. The lowest BCUT2D eigenvalue weighted by molar-refractivity contribution is 0.641. The van der Waals surface area contributed by atoms with Gasteiger partial charge < -0.3 is 5.73 Å². The van der Waals surface area contributed by atoms with E-state index >= 15 is 0 Å². The number of rotatable bonds is 6. The number of hydrogen-bond donors (Lipinski definition) is 1. The maximum atomic E-state index is 6.15. The molecule has 0 radical (unpaired) electrons. The van der Waals surface area contributed by atoms with Crippen LogP contribution in [0.1, 0.15) is 35.6 Å². The number of aryl methyl sites for hydroxylation is 2. The predicted octanol–water partition coefficient (Wildman–Crippen LogP) is 4.88. The van der Waals surface area contributed by atoms with Gasteiger partial charge in [0.2, 0.25) is 0 Å². The molecule has 1 nitrogen and oxygen atoms in total. The van der Waals surface area contributed by atoms with Gasteiger partial charge in [0.1, 0.15) is 0 Å². The summed E-state index contributed by atoms with van der Waals surface area (Å²) < 4.78 is 0. The maximum absolute atomic E-state index is 6.15. The second-order valence-corrected chi connectivity index (χ2v) is 6.72. The number of benzene rings is 2. The second kappa shape index (κ2) is 7.67. The third kappa shape index (κ3) is 4.62. The van der Waals surface area contributed by atoms with Crippen LogP contribution in [0, 0.1) is 13.8 Å². The van der Waals surface area contributed by atoms with Gasteiger partial charge in [0.25, 0.3) is 0 Å². The summed E-state index contributed by atoms with van der Waals surface area (Å²) in [7, 11) is 0. The molecule has 0 aliphatic carbocycles. The fourth-order valence-electron chi connectivity index (χ4n) is 2.36. The second-order valence-electron chi connectivity index (χ2n) is 5.70. The highest BCUT2D eigenvalue weighted by Crippen LogP contribution is 2.29. The summed E-state index contributed by atoms with van der Waals surface area (Å²) in [6, 6.07) is 15.6. The highest BCUT2D eigenvalue weighted by Gasteiger charge is 2.08. The topological polar surface area (TPSA) is 26.0 Å². The molecule has 0 heterocycles. The molecular formula is C19H25NS. The van der Waals surface area contributed by atoms with Crippen LogP contribution in [0.5, 0.6) is 0 Å². The monoisotopic (exact) mass is 299 g/mol. The summed E-state index contributed by atoms with van der Waals surface area (Å²) in [6.07, 6.45) is 1.99. The molecule has 0 saturated carbocycles. The summed E-state index contributed by atoms with van der Waals surface area (Å²) in [5.41, 5.74) is 11.6. The predicted molar refractivity (Wildman–Crippen MR) is 93.9 cm³/mol. The van der Waals surface area contributed by atoms with Crippen LogP contribution >= 0.6 is 11.8 Å². The molecule has 2 aromatic carbocycles. The Morgan fingerprint density at radius 3 is 2.52 bits per heavy atom. The molecule has 112 valence electrons. The first-order valence-corrected chi connectivity index (χ1v) is 8.61. The largest absolute Gasteiger partial charge is 0.327 e. The lowest BCUT2D eigenvalue weighted by Crippen LogP contribution is -2.21. The first kappa shape index (κ1) is 16.1. The van der Waals surface area contributed by atoms with Gasteiger partial charge in [-0.15, -0.1) is 11.8 Å². The van der Waals surface area contributed by atoms with Crippen molar-refractivity contribution in [3.05, 3.63) is 64.7 Å². The zero-order valence-electron chi connectivity index (χ0n) is 13.2. The molecule has 2 rings (SSSR count). The van der Waals surface area contributed by atoms with E-state index in [2.05, 4.69) is 63.2 Å². The van der Waals surface area contributed by atoms with Crippen LogP contribution in [0.25, 0.3) is 0 Å². The molecule has 2 N–H and O–H groups in total. The molecule has 0 aliphatic rings. The van der Waals surface area contributed by atoms with Gasteiger partial charge in [0.05, 0.1) is 0 Å². The molecule has 0 aromatic heterocycles. The molecule has 0 saturated heterocycles. The minimum absolute atomic E-state index is 0.254. The summed E-state index contributed by atoms with van der Waals surface area (Å²) in [5.74, 6) is 1.02. The van der Waals surface area contributed by atoms with Gasteiger partial charge in [-0.3, -0.25) is 0 Å². The first-order valence-electron chi connectivity index (χ1n) is 7.62. The molecule has 2 heteroatoms. The van der Waals surface area contributed by atoms with Crippen LogP contribution in [-0.2, 0) is 12.2 Å². The standard InChI is InChI=1S/C19H25NS/c1-4-18(20)12-17-11-14(2)9-10-19(17)21-13-16-8-6-5-7-15(16)3/h5-11,18H,4,12-13,20H2,1-3H3. The summed E-state index contributed by atoms with van der Waals surface area (Å²) in [4.78, 5) is 1.37. The SMILES string of the molecule is CCC(N)Cc1cc(C)ccc1SCc1ccccc1C. The summed E-state index contributed by atoms with van der Waals surface area (Å²) in [6.45, 7) is 6.48. The molecule has 0 bridgehead atoms. The highest BCUT2D eigenvalue weighted by atomic mass is 32.2. The Balaban J connectivity index is 2.14. The quantitative estimate of drug-likeness (QED) is 0.770. The van der Waals surface area contributed by atoms with E-state index < -0.39 is 0 Å². The van der Waals surface area contributed by atoms with Gasteiger partial charge >= 0.3 is 0 Å². The first-order chi connectivity index (χ1) is 10.1. The van der Waals surface area contributed by atoms with Gasteiger partial charge in [-0.25, -0.2) is 0 Å². The van der Waals surface area contributed by atoms with E-state index in [4.69, 9.17) is 5.73 Å². The summed E-state index contributed by atoms with van der Waals surface area (Å²) >= 11 is 1.92. The van der Waals surface area contributed by atoms with Crippen LogP contribution in [0.15, 0.2) is 47.4 Å². The Morgan fingerprint density at radius 1 is 1.05 bits per heavy atom. The van der Waals surface area contributed by atoms with Crippen LogP contribution in [-0.4, -0.2) is 6.04 Å². The van der Waals surface area contributed by atoms with E-state index in [1.165, 1.54) is 27.1 Å². The van der Waals surface area contributed by atoms with E-state index in [0.29, 0.717) is 0 Å². The molecule has 2 aromatic rings. The molecule has 0 aliphatic heterocycles. The highest BCUT2D eigenvalue weighted by molar-refractivity contribution is 7.98. The Hall–Kier alpha value is -1.25. The third-order valence-electron chi connectivity index (χ3n) is 3.87. The fraction of sp³-hybridized carbons (Fsp3) is 0.368. The summed E-state index contributed by atoms with van der Waals surface area (Å²) in [5, 5.41) is 0. The Bertz CT molecular complexity index is 592. The van der Waals surface area contributed by atoms with Crippen LogP contribution < -0.4 is 5.73 Å². The Morgan fingerprint density at radius 2 is 1.81 bits per heavy atom. The number of hydrogen-bond acceptors (Lipinski definition) is 2. The average Bonchev–Trinajstić information content (AvgIpc) is 2.48.